The molecule has 1 aromatic carbocycles. The van der Waals surface area contributed by atoms with Gasteiger partial charge < -0.3 is 18.7 Å². The molecule has 172 valence electrons. The molecule has 0 unspecified atom stereocenters. The summed E-state index contributed by atoms with van der Waals surface area (Å²) in [4.78, 5) is 12.8. The van der Waals surface area contributed by atoms with E-state index in [1.807, 2.05) is 6.07 Å². The van der Waals surface area contributed by atoms with Crippen molar-refractivity contribution in [2.45, 2.75) is 90.0 Å². The number of carbonyl (C=O) groups excluding carboxylic acids is 1. The van der Waals surface area contributed by atoms with E-state index in [0.717, 1.165) is 0 Å². The second-order valence-electron chi connectivity index (χ2n) is 11.0. The molecular weight excluding hydrogens is 412 g/mol. The Morgan fingerprint density at radius 3 is 1.83 bits per heavy atom. The van der Waals surface area contributed by atoms with Crippen LogP contribution < -0.4 is 0 Å². The van der Waals surface area contributed by atoms with Gasteiger partial charge in [-0.25, -0.2) is 4.79 Å². The molecule has 0 fully saturated rings. The predicted octanol–water partition coefficient (Wildman–Crippen LogP) is 5.62. The van der Waals surface area contributed by atoms with Crippen LogP contribution in [0.5, 0.6) is 0 Å². The van der Waals surface area contributed by atoms with Gasteiger partial charge in [-0.05, 0) is 48.4 Å². The quantitative estimate of drug-likeness (QED) is 0.388. The lowest BCUT2D eigenvalue weighted by Gasteiger charge is -2.42. The van der Waals surface area contributed by atoms with Crippen LogP contribution in [0.2, 0.25) is 36.3 Å². The summed E-state index contributed by atoms with van der Waals surface area (Å²) in [5, 5.41) is 10.2. The Hall–Kier alpha value is -0.996. The first-order valence-electron chi connectivity index (χ1n) is 10.7. The standard InChI is InChI=1S/C23H42O5Si2/c1-22(2,3)29(7,8)26-17-20(27-21(25)18-14-12-11-13-15-18)19(16-24)28-30(9,10)23(4,5)6/h11-15,19-20,24H,16-17H2,1-10H3/t19-,20+/m1/s1. The highest BCUT2D eigenvalue weighted by molar-refractivity contribution is 6.74. The number of aliphatic hydroxyl groups excluding tert-OH is 1. The van der Waals surface area contributed by atoms with Crippen LogP contribution in [-0.2, 0) is 13.6 Å². The molecule has 0 bridgehead atoms. The number of carbonyl (C=O) groups is 1. The van der Waals surface area contributed by atoms with Gasteiger partial charge in [-0.3, -0.25) is 0 Å². The Morgan fingerprint density at radius 1 is 0.900 bits per heavy atom. The molecule has 5 nitrogen and oxygen atoms in total. The van der Waals surface area contributed by atoms with E-state index >= 15 is 0 Å². The lowest BCUT2D eigenvalue weighted by atomic mass is 10.2. The highest BCUT2D eigenvalue weighted by Gasteiger charge is 2.43. The number of ether oxygens (including phenoxy) is 1. The van der Waals surface area contributed by atoms with E-state index < -0.39 is 34.8 Å². The number of esters is 1. The van der Waals surface area contributed by atoms with Crippen molar-refractivity contribution >= 4 is 22.6 Å². The van der Waals surface area contributed by atoms with Crippen molar-refractivity contribution in [1.29, 1.82) is 0 Å². The predicted molar refractivity (Wildman–Crippen MR) is 128 cm³/mol. The van der Waals surface area contributed by atoms with E-state index in [0.29, 0.717) is 5.56 Å². The fourth-order valence-electron chi connectivity index (χ4n) is 2.29. The van der Waals surface area contributed by atoms with Gasteiger partial charge in [0.1, 0.15) is 6.10 Å². The molecule has 0 saturated carbocycles. The van der Waals surface area contributed by atoms with E-state index in [1.165, 1.54) is 0 Å². The molecule has 0 heterocycles. The smallest absolute Gasteiger partial charge is 0.338 e. The molecular formula is C23H42O5Si2. The molecule has 1 rings (SSSR count). The molecule has 0 aromatic heterocycles. The minimum Gasteiger partial charge on any atom is -0.454 e. The number of benzene rings is 1. The van der Waals surface area contributed by atoms with Gasteiger partial charge in [-0.15, -0.1) is 0 Å². The van der Waals surface area contributed by atoms with Crippen molar-refractivity contribution in [2.75, 3.05) is 13.2 Å². The van der Waals surface area contributed by atoms with Crippen LogP contribution >= 0.6 is 0 Å². The largest absolute Gasteiger partial charge is 0.454 e. The Labute approximate surface area is 185 Å². The van der Waals surface area contributed by atoms with E-state index in [-0.39, 0.29) is 23.3 Å². The van der Waals surface area contributed by atoms with Crippen molar-refractivity contribution in [3.63, 3.8) is 0 Å². The van der Waals surface area contributed by atoms with Crippen LogP contribution in [0.3, 0.4) is 0 Å². The highest BCUT2D eigenvalue weighted by atomic mass is 28.4. The molecule has 0 radical (unpaired) electrons. The van der Waals surface area contributed by atoms with E-state index in [9.17, 15) is 9.90 Å². The van der Waals surface area contributed by atoms with Crippen LogP contribution in [0.15, 0.2) is 30.3 Å². The zero-order valence-corrected chi connectivity index (χ0v) is 22.5. The molecule has 30 heavy (non-hydrogen) atoms. The highest BCUT2D eigenvalue weighted by Crippen LogP contribution is 2.39. The van der Waals surface area contributed by atoms with Gasteiger partial charge in [-0.1, -0.05) is 59.7 Å². The molecule has 0 aliphatic carbocycles. The van der Waals surface area contributed by atoms with Gasteiger partial charge in [0.2, 0.25) is 0 Å². The van der Waals surface area contributed by atoms with Crippen molar-refractivity contribution in [3.8, 4) is 0 Å². The Kier molecular flexibility index (Phi) is 9.09. The lowest BCUT2D eigenvalue weighted by Crippen LogP contribution is -2.52. The summed E-state index contributed by atoms with van der Waals surface area (Å²) in [6.07, 6.45) is -1.32. The summed E-state index contributed by atoms with van der Waals surface area (Å²) in [6.45, 7) is 21.5. The third-order valence-corrected chi connectivity index (χ3v) is 15.5. The Morgan fingerprint density at radius 2 is 1.40 bits per heavy atom. The van der Waals surface area contributed by atoms with Gasteiger partial charge in [0.05, 0.1) is 18.8 Å². The first-order chi connectivity index (χ1) is 13.5. The minimum atomic E-state index is -2.19. The van der Waals surface area contributed by atoms with Crippen molar-refractivity contribution in [1.82, 2.24) is 0 Å². The second-order valence-corrected chi connectivity index (χ2v) is 20.5. The SMILES string of the molecule is CC(C)(C)[Si](C)(C)OC[C@H](OC(=O)c1ccccc1)[C@@H](CO)O[Si](C)(C)C(C)(C)C. The molecule has 7 heteroatoms. The maximum Gasteiger partial charge on any atom is 0.338 e. The summed E-state index contributed by atoms with van der Waals surface area (Å²) in [6, 6.07) is 8.89. The maximum atomic E-state index is 12.8. The van der Waals surface area contributed by atoms with Gasteiger partial charge in [0.15, 0.2) is 22.7 Å². The average molecular weight is 455 g/mol. The van der Waals surface area contributed by atoms with E-state index in [2.05, 4.69) is 67.7 Å². The average Bonchev–Trinajstić information content (AvgIpc) is 2.62. The second kappa shape index (κ2) is 10.1. The molecule has 0 aliphatic heterocycles. The molecule has 0 spiro atoms. The third-order valence-electron chi connectivity index (χ3n) is 6.53. The Balaban J connectivity index is 3.12. The zero-order chi connectivity index (χ0) is 23.4. The van der Waals surface area contributed by atoms with Gasteiger partial charge in [0.25, 0.3) is 0 Å². The monoisotopic (exact) mass is 454 g/mol. The molecule has 1 N–H and O–H groups in total. The number of hydrogen-bond acceptors (Lipinski definition) is 5. The number of rotatable bonds is 9. The van der Waals surface area contributed by atoms with Crippen molar-refractivity contribution in [2.24, 2.45) is 0 Å². The first-order valence-corrected chi connectivity index (χ1v) is 16.5. The molecule has 1 aromatic rings. The lowest BCUT2D eigenvalue weighted by molar-refractivity contribution is -0.0490. The molecule has 0 amide bonds. The molecule has 2 atom stereocenters. The van der Waals surface area contributed by atoms with Crippen LogP contribution in [-0.4, -0.2) is 53.1 Å². The first kappa shape index (κ1) is 27.0. The summed E-state index contributed by atoms with van der Waals surface area (Å²) >= 11 is 0. The molecule has 0 saturated heterocycles. The summed E-state index contributed by atoms with van der Waals surface area (Å²) < 4.78 is 18.7. The number of aliphatic hydroxyl groups is 1. The van der Waals surface area contributed by atoms with Crippen molar-refractivity contribution < 1.29 is 23.5 Å². The zero-order valence-electron chi connectivity index (χ0n) is 20.5. The summed E-state index contributed by atoms with van der Waals surface area (Å²) in [7, 11) is -4.26. The van der Waals surface area contributed by atoms with E-state index in [4.69, 9.17) is 13.6 Å². The normalized spacial score (nSPS) is 15.6. The minimum absolute atomic E-state index is 0.0238. The van der Waals surface area contributed by atoms with Gasteiger partial charge in [-0.2, -0.15) is 0 Å². The fraction of sp³-hybridized carbons (Fsp3) is 0.696. The molecule has 0 aliphatic rings. The van der Waals surface area contributed by atoms with Crippen LogP contribution in [0, 0.1) is 0 Å². The van der Waals surface area contributed by atoms with Crippen LogP contribution in [0.25, 0.3) is 0 Å². The topological polar surface area (TPSA) is 65.0 Å². The van der Waals surface area contributed by atoms with Crippen LogP contribution in [0.1, 0.15) is 51.9 Å². The summed E-state index contributed by atoms with van der Waals surface area (Å²) in [5.74, 6) is -0.434. The fourth-order valence-corrected chi connectivity index (χ4v) is 4.64. The number of hydrogen-bond donors (Lipinski definition) is 1. The van der Waals surface area contributed by atoms with Crippen molar-refractivity contribution in [3.05, 3.63) is 35.9 Å². The van der Waals surface area contributed by atoms with Crippen LogP contribution in [0.4, 0.5) is 0 Å². The third kappa shape index (κ3) is 7.30. The van der Waals surface area contributed by atoms with Gasteiger partial charge >= 0.3 is 5.97 Å². The maximum absolute atomic E-state index is 12.8. The van der Waals surface area contributed by atoms with E-state index in [1.54, 1.807) is 24.3 Å². The van der Waals surface area contributed by atoms with Gasteiger partial charge in [0, 0.05) is 0 Å². The Bertz CT molecular complexity index is 675. The summed E-state index contributed by atoms with van der Waals surface area (Å²) in [5.41, 5.74) is 0.471.